The van der Waals surface area contributed by atoms with Crippen molar-refractivity contribution in [3.63, 3.8) is 0 Å². The van der Waals surface area contributed by atoms with Crippen molar-refractivity contribution in [1.82, 2.24) is 19.4 Å². The zero-order chi connectivity index (χ0) is 29.1. The van der Waals surface area contributed by atoms with E-state index in [-0.39, 0.29) is 35.4 Å². The predicted molar refractivity (Wildman–Crippen MR) is 152 cm³/mol. The van der Waals surface area contributed by atoms with E-state index in [2.05, 4.69) is 9.88 Å². The molecule has 2 saturated heterocycles. The number of rotatable bonds is 10. The third-order valence-electron chi connectivity index (χ3n) is 8.70. The smallest absolute Gasteiger partial charge is 0.321 e. The lowest BCUT2D eigenvalue weighted by Gasteiger charge is -2.35. The highest BCUT2D eigenvalue weighted by atomic mass is 19.3. The molecule has 6 nitrogen and oxygen atoms in total. The number of imidazole rings is 1. The normalized spacial score (nSPS) is 21.6. The van der Waals surface area contributed by atoms with Crippen LogP contribution in [0.4, 0.5) is 13.2 Å². The molecule has 0 spiro atoms. The molecule has 1 unspecified atom stereocenters. The number of carboxylic acids is 1. The van der Waals surface area contributed by atoms with Gasteiger partial charge in [0.1, 0.15) is 11.9 Å². The first-order chi connectivity index (χ1) is 19.7. The highest BCUT2D eigenvalue weighted by molar-refractivity contribution is 5.73. The second kappa shape index (κ2) is 12.8. The van der Waals surface area contributed by atoms with Gasteiger partial charge in [0.05, 0.1) is 5.69 Å². The molecule has 220 valence electrons. The van der Waals surface area contributed by atoms with Crippen LogP contribution < -0.4 is 0 Å². The lowest BCUT2D eigenvalue weighted by Crippen LogP contribution is -2.44. The maximum absolute atomic E-state index is 14.2. The first-order valence-electron chi connectivity index (χ1n) is 14.5. The number of hydrogen-bond donors (Lipinski definition) is 1. The predicted octanol–water partition coefficient (Wildman–Crippen LogP) is 6.01. The van der Waals surface area contributed by atoms with Crippen molar-refractivity contribution in [3.05, 3.63) is 89.3 Å². The first kappa shape index (κ1) is 29.3. The third kappa shape index (κ3) is 6.84. The van der Waals surface area contributed by atoms with Crippen LogP contribution in [0.15, 0.2) is 60.8 Å². The van der Waals surface area contributed by atoms with Crippen LogP contribution in [0.1, 0.15) is 67.7 Å². The van der Waals surface area contributed by atoms with E-state index < -0.39 is 18.4 Å². The van der Waals surface area contributed by atoms with Gasteiger partial charge in [0.15, 0.2) is 5.82 Å². The number of hydrogen-bond acceptors (Lipinski definition) is 4. The largest absolute Gasteiger partial charge is 0.480 e. The number of nitrogens with zero attached hydrogens (tertiary/aromatic N) is 4. The van der Waals surface area contributed by atoms with Gasteiger partial charge in [-0.2, -0.15) is 0 Å². The molecule has 9 heteroatoms. The lowest BCUT2D eigenvalue weighted by molar-refractivity contribution is -0.144. The summed E-state index contributed by atoms with van der Waals surface area (Å²) in [6.07, 6.45) is 1.12. The van der Waals surface area contributed by atoms with E-state index in [1.165, 1.54) is 6.07 Å². The van der Waals surface area contributed by atoms with Crippen LogP contribution in [-0.4, -0.2) is 69.2 Å². The van der Waals surface area contributed by atoms with Gasteiger partial charge in [-0.05, 0) is 47.9 Å². The molecular formula is C32H39F3N4O2. The van der Waals surface area contributed by atoms with Crippen LogP contribution in [0.3, 0.4) is 0 Å². The van der Waals surface area contributed by atoms with Gasteiger partial charge in [-0.25, -0.2) is 18.2 Å². The van der Waals surface area contributed by atoms with Crippen molar-refractivity contribution in [3.8, 4) is 0 Å². The molecule has 3 atom stereocenters. The van der Waals surface area contributed by atoms with Crippen molar-refractivity contribution in [1.29, 1.82) is 0 Å². The number of aliphatic carboxylic acids is 1. The summed E-state index contributed by atoms with van der Waals surface area (Å²) in [5, 5.41) is 9.92. The number of benzene rings is 2. The fourth-order valence-electron chi connectivity index (χ4n) is 6.81. The minimum Gasteiger partial charge on any atom is -0.480 e. The summed E-state index contributed by atoms with van der Waals surface area (Å²) in [6.45, 7) is 7.27. The van der Waals surface area contributed by atoms with Gasteiger partial charge >= 0.3 is 5.97 Å². The summed E-state index contributed by atoms with van der Waals surface area (Å²) >= 11 is 0. The molecule has 2 fully saturated rings. The number of alkyl halides is 2. The Kier molecular flexibility index (Phi) is 9.14. The molecular weight excluding hydrogens is 529 g/mol. The SMILES string of the molecule is CC(C)C(C(=O)O)N1C[C@H](CN2CCC(n3cc(Cc4ccccc4)nc3C(F)F)CC2)[C@@H](c2cccc(F)c2)C1. The zero-order valence-corrected chi connectivity index (χ0v) is 23.7. The molecule has 2 aromatic carbocycles. The van der Waals surface area contributed by atoms with Gasteiger partial charge in [0.2, 0.25) is 0 Å². The molecule has 3 aromatic rings. The van der Waals surface area contributed by atoms with Crippen LogP contribution >= 0.6 is 0 Å². The van der Waals surface area contributed by atoms with E-state index in [0.717, 1.165) is 43.6 Å². The Morgan fingerprint density at radius 3 is 2.41 bits per heavy atom. The Labute approximate surface area is 239 Å². The molecule has 0 saturated carbocycles. The van der Waals surface area contributed by atoms with Crippen LogP contribution in [-0.2, 0) is 11.2 Å². The fraction of sp³-hybridized carbons (Fsp3) is 0.500. The van der Waals surface area contributed by atoms with E-state index in [1.807, 2.05) is 55.1 Å². The van der Waals surface area contributed by atoms with E-state index in [9.17, 15) is 23.1 Å². The molecule has 0 amide bonds. The number of piperidine rings is 1. The highest BCUT2D eigenvalue weighted by Gasteiger charge is 2.41. The van der Waals surface area contributed by atoms with Gasteiger partial charge in [-0.3, -0.25) is 9.69 Å². The topological polar surface area (TPSA) is 61.6 Å². The van der Waals surface area contributed by atoms with Gasteiger partial charge in [0, 0.05) is 57.3 Å². The van der Waals surface area contributed by atoms with Crippen LogP contribution in [0, 0.1) is 17.7 Å². The summed E-state index contributed by atoms with van der Waals surface area (Å²) in [4.78, 5) is 20.8. The van der Waals surface area contributed by atoms with Crippen LogP contribution in [0.5, 0.6) is 0 Å². The molecule has 2 aliphatic rings. The van der Waals surface area contributed by atoms with Gasteiger partial charge in [-0.15, -0.1) is 0 Å². The number of halogens is 3. The van der Waals surface area contributed by atoms with Crippen molar-refractivity contribution in [2.75, 3.05) is 32.7 Å². The summed E-state index contributed by atoms with van der Waals surface area (Å²) in [7, 11) is 0. The first-order valence-corrected chi connectivity index (χ1v) is 14.5. The van der Waals surface area contributed by atoms with Crippen LogP contribution in [0.2, 0.25) is 0 Å². The Bertz CT molecular complexity index is 1310. The van der Waals surface area contributed by atoms with E-state index in [1.54, 1.807) is 22.9 Å². The molecule has 1 aromatic heterocycles. The monoisotopic (exact) mass is 568 g/mol. The van der Waals surface area contributed by atoms with E-state index in [0.29, 0.717) is 25.2 Å². The molecule has 0 aliphatic carbocycles. The minimum absolute atomic E-state index is 0.0173. The Morgan fingerprint density at radius 2 is 1.78 bits per heavy atom. The molecule has 5 rings (SSSR count). The summed E-state index contributed by atoms with van der Waals surface area (Å²) < 4.78 is 43.8. The zero-order valence-electron chi connectivity index (χ0n) is 23.7. The van der Waals surface area contributed by atoms with Crippen molar-refractivity contribution < 1.29 is 23.1 Å². The maximum atomic E-state index is 14.2. The van der Waals surface area contributed by atoms with Crippen LogP contribution in [0.25, 0.3) is 0 Å². The third-order valence-corrected chi connectivity index (χ3v) is 8.70. The van der Waals surface area contributed by atoms with Gasteiger partial charge < -0.3 is 14.6 Å². The average molecular weight is 569 g/mol. The van der Waals surface area contributed by atoms with Crippen molar-refractivity contribution in [2.45, 2.75) is 57.5 Å². The molecule has 0 radical (unpaired) electrons. The van der Waals surface area contributed by atoms with Gasteiger partial charge in [0.25, 0.3) is 6.43 Å². The quantitative estimate of drug-likeness (QED) is 0.325. The van der Waals surface area contributed by atoms with Gasteiger partial charge in [-0.1, -0.05) is 56.3 Å². The lowest BCUT2D eigenvalue weighted by atomic mass is 9.88. The molecule has 3 heterocycles. The molecule has 1 N–H and O–H groups in total. The molecule has 0 bridgehead atoms. The molecule has 2 aliphatic heterocycles. The average Bonchev–Trinajstić information content (AvgIpc) is 3.54. The summed E-state index contributed by atoms with van der Waals surface area (Å²) in [6, 6.07) is 15.7. The fourth-order valence-corrected chi connectivity index (χ4v) is 6.81. The Morgan fingerprint density at radius 1 is 1.05 bits per heavy atom. The summed E-state index contributed by atoms with van der Waals surface area (Å²) in [5.74, 6) is -1.19. The number of aromatic nitrogens is 2. The van der Waals surface area contributed by atoms with E-state index >= 15 is 0 Å². The number of carboxylic acid groups (broad SMARTS) is 1. The minimum atomic E-state index is -2.64. The second-order valence-electron chi connectivity index (χ2n) is 11.9. The Hall–Kier alpha value is -3.17. The number of likely N-dealkylation sites (tertiary alicyclic amines) is 2. The maximum Gasteiger partial charge on any atom is 0.321 e. The Balaban J connectivity index is 1.27. The van der Waals surface area contributed by atoms with Crippen molar-refractivity contribution in [2.24, 2.45) is 11.8 Å². The highest BCUT2D eigenvalue weighted by Crippen LogP contribution is 2.37. The summed E-state index contributed by atoms with van der Waals surface area (Å²) in [5.41, 5.74) is 2.58. The second-order valence-corrected chi connectivity index (χ2v) is 11.9. The molecule has 41 heavy (non-hydrogen) atoms. The number of carbonyl (C=O) groups is 1. The van der Waals surface area contributed by atoms with Crippen molar-refractivity contribution >= 4 is 5.97 Å². The standard InChI is InChI=1S/C32H39F3N4O2/c1-21(2)29(32(40)41)38-18-24(28(20-38)23-9-6-10-25(33)16-23)17-37-13-11-27(12-14-37)39-19-26(36-31(39)30(34)35)15-22-7-4-3-5-8-22/h3-10,16,19,21,24,27-30H,11-15,17-18,20H2,1-2H3,(H,40,41)/t24-,28+,29?/m0/s1. The van der Waals surface area contributed by atoms with E-state index in [4.69, 9.17) is 0 Å².